The summed E-state index contributed by atoms with van der Waals surface area (Å²) in [4.78, 5) is 30.1. The largest absolute Gasteiger partial charge is 0.452 e. The molecule has 5 nitrogen and oxygen atoms in total. The molecule has 1 saturated carbocycles. The number of ether oxygens (including phenoxy) is 1. The van der Waals surface area contributed by atoms with Crippen LogP contribution in [0.4, 0.5) is 0 Å². The number of likely N-dealkylation sites (tertiary alicyclic amines) is 1. The molecule has 2 bridgehead atoms. The Morgan fingerprint density at radius 2 is 2.00 bits per heavy atom. The molecule has 1 aliphatic carbocycles. The Labute approximate surface area is 153 Å². The molecule has 1 aromatic carbocycles. The fourth-order valence-corrected chi connectivity index (χ4v) is 5.28. The summed E-state index contributed by atoms with van der Waals surface area (Å²) >= 11 is 0. The van der Waals surface area contributed by atoms with Crippen molar-refractivity contribution in [1.29, 1.82) is 0 Å². The lowest BCUT2D eigenvalue weighted by Gasteiger charge is -2.39. The van der Waals surface area contributed by atoms with E-state index in [1.165, 1.54) is 0 Å². The number of carbonyl (C=O) groups excluding carboxylic acids is 2. The molecule has 1 aromatic heterocycles. The van der Waals surface area contributed by atoms with Crippen molar-refractivity contribution in [1.82, 2.24) is 9.88 Å². The summed E-state index contributed by atoms with van der Waals surface area (Å²) in [6, 6.07) is 7.83. The molecule has 26 heavy (non-hydrogen) atoms. The van der Waals surface area contributed by atoms with Crippen LogP contribution in [-0.4, -0.2) is 41.0 Å². The van der Waals surface area contributed by atoms with Gasteiger partial charge in [-0.05, 0) is 36.2 Å². The van der Waals surface area contributed by atoms with Gasteiger partial charge in [-0.25, -0.2) is 4.79 Å². The molecule has 2 aliphatic rings. The molecule has 2 aromatic rings. The number of hydrogen-bond acceptors (Lipinski definition) is 3. The van der Waals surface area contributed by atoms with Crippen LogP contribution in [0.2, 0.25) is 0 Å². The number of rotatable bonds is 3. The highest BCUT2D eigenvalue weighted by atomic mass is 16.5. The van der Waals surface area contributed by atoms with Crippen LogP contribution < -0.4 is 0 Å². The summed E-state index contributed by atoms with van der Waals surface area (Å²) in [5.74, 6) is -0.533. The normalized spacial score (nSPS) is 26.9. The Hall–Kier alpha value is -2.30. The average molecular weight is 354 g/mol. The van der Waals surface area contributed by atoms with Crippen LogP contribution in [-0.2, 0) is 9.53 Å². The zero-order chi connectivity index (χ0) is 18.5. The Balaban J connectivity index is 1.42. The summed E-state index contributed by atoms with van der Waals surface area (Å²) in [6.07, 6.45) is 4.85. The number of fused-ring (bicyclic) bond motifs is 3. The van der Waals surface area contributed by atoms with Crippen molar-refractivity contribution < 1.29 is 14.3 Å². The number of esters is 1. The number of amides is 1. The number of carbonyl (C=O) groups is 2. The van der Waals surface area contributed by atoms with E-state index in [-0.39, 0.29) is 29.4 Å². The first-order valence-electron chi connectivity index (χ1n) is 9.29. The van der Waals surface area contributed by atoms with Gasteiger partial charge in [0.25, 0.3) is 5.91 Å². The van der Waals surface area contributed by atoms with E-state index >= 15 is 0 Å². The van der Waals surface area contributed by atoms with Gasteiger partial charge in [-0.3, -0.25) is 4.79 Å². The van der Waals surface area contributed by atoms with Crippen LogP contribution in [0.25, 0.3) is 10.9 Å². The van der Waals surface area contributed by atoms with Crippen molar-refractivity contribution >= 4 is 22.8 Å². The van der Waals surface area contributed by atoms with E-state index in [0.717, 1.165) is 36.7 Å². The summed E-state index contributed by atoms with van der Waals surface area (Å²) in [6.45, 7) is 7.41. The summed E-state index contributed by atoms with van der Waals surface area (Å²) < 4.78 is 5.35. The quantitative estimate of drug-likeness (QED) is 0.854. The second-order valence-electron chi connectivity index (χ2n) is 9.06. The molecule has 0 radical (unpaired) electrons. The first-order valence-corrected chi connectivity index (χ1v) is 9.29. The maximum Gasteiger partial charge on any atom is 0.340 e. The van der Waals surface area contributed by atoms with Crippen LogP contribution in [0.3, 0.4) is 0 Å². The van der Waals surface area contributed by atoms with Crippen molar-refractivity contribution in [2.24, 2.45) is 10.8 Å². The number of para-hydroxylation sites is 1. The van der Waals surface area contributed by atoms with Crippen molar-refractivity contribution in [3.8, 4) is 0 Å². The second-order valence-corrected chi connectivity index (χ2v) is 9.06. The lowest BCUT2D eigenvalue weighted by Crippen LogP contribution is -2.39. The molecule has 0 unspecified atom stereocenters. The molecule has 5 heteroatoms. The fraction of sp³-hybridized carbons (Fsp3) is 0.524. The predicted octanol–water partition coefficient (Wildman–Crippen LogP) is 3.75. The molecule has 2 atom stereocenters. The number of H-pyrrole nitrogens is 1. The van der Waals surface area contributed by atoms with Crippen LogP contribution in [0, 0.1) is 10.8 Å². The minimum absolute atomic E-state index is 0.0791. The van der Waals surface area contributed by atoms with Gasteiger partial charge in [0.15, 0.2) is 6.61 Å². The van der Waals surface area contributed by atoms with Crippen molar-refractivity contribution in [2.45, 2.75) is 46.1 Å². The molecule has 1 amide bonds. The third kappa shape index (κ3) is 3.00. The van der Waals surface area contributed by atoms with E-state index in [9.17, 15) is 9.59 Å². The highest BCUT2D eigenvalue weighted by molar-refractivity contribution is 6.04. The lowest BCUT2D eigenvalue weighted by atomic mass is 9.65. The summed E-state index contributed by atoms with van der Waals surface area (Å²) in [5.41, 5.74) is 1.80. The van der Waals surface area contributed by atoms with E-state index in [4.69, 9.17) is 4.74 Å². The monoisotopic (exact) mass is 354 g/mol. The van der Waals surface area contributed by atoms with Crippen LogP contribution in [0.15, 0.2) is 30.5 Å². The number of nitrogens with one attached hydrogen (secondary N) is 1. The first kappa shape index (κ1) is 17.1. The molecule has 1 saturated heterocycles. The van der Waals surface area contributed by atoms with Gasteiger partial charge in [-0.15, -0.1) is 0 Å². The Morgan fingerprint density at radius 1 is 1.23 bits per heavy atom. The van der Waals surface area contributed by atoms with Crippen molar-refractivity contribution in [3.05, 3.63) is 36.0 Å². The smallest absolute Gasteiger partial charge is 0.340 e. The van der Waals surface area contributed by atoms with E-state index in [1.807, 2.05) is 29.2 Å². The second kappa shape index (κ2) is 5.86. The van der Waals surface area contributed by atoms with Crippen LogP contribution in [0.5, 0.6) is 0 Å². The number of nitrogens with zero attached hydrogens (tertiary/aromatic N) is 1. The minimum Gasteiger partial charge on any atom is -0.452 e. The number of aromatic amines is 1. The van der Waals surface area contributed by atoms with Gasteiger partial charge in [-0.1, -0.05) is 39.0 Å². The van der Waals surface area contributed by atoms with Gasteiger partial charge < -0.3 is 14.6 Å². The number of hydrogen-bond donors (Lipinski definition) is 1. The maximum absolute atomic E-state index is 12.7. The zero-order valence-electron chi connectivity index (χ0n) is 15.7. The predicted molar refractivity (Wildman–Crippen MR) is 99.8 cm³/mol. The summed E-state index contributed by atoms with van der Waals surface area (Å²) in [5, 5.41) is 0.816. The van der Waals surface area contributed by atoms with Gasteiger partial charge >= 0.3 is 5.97 Å². The maximum atomic E-state index is 12.7. The molecule has 4 rings (SSSR count). The summed E-state index contributed by atoms with van der Waals surface area (Å²) in [7, 11) is 0. The van der Waals surface area contributed by atoms with E-state index < -0.39 is 5.97 Å². The highest BCUT2D eigenvalue weighted by Crippen LogP contribution is 2.52. The third-order valence-electron chi connectivity index (χ3n) is 5.87. The highest BCUT2D eigenvalue weighted by Gasteiger charge is 2.50. The Bertz CT molecular complexity index is 869. The standard InChI is InChI=1S/C21H26N2O3/c1-20(2)8-14-9-21(3,12-20)13-23(14)18(24)11-26-19(25)16-10-22-17-7-5-4-6-15(16)17/h4-7,10,14,22H,8-9,11-13H2,1-3H3/t14-,21-/m0/s1. The van der Waals surface area contributed by atoms with Gasteiger partial charge in [-0.2, -0.15) is 0 Å². The number of aromatic nitrogens is 1. The third-order valence-corrected chi connectivity index (χ3v) is 5.87. The molecule has 138 valence electrons. The van der Waals surface area contributed by atoms with Crippen LogP contribution in [0.1, 0.15) is 50.4 Å². The van der Waals surface area contributed by atoms with E-state index in [0.29, 0.717) is 5.56 Å². The van der Waals surface area contributed by atoms with E-state index in [1.54, 1.807) is 6.20 Å². The number of benzene rings is 1. The first-order chi connectivity index (χ1) is 12.3. The molecule has 1 N–H and O–H groups in total. The zero-order valence-corrected chi connectivity index (χ0v) is 15.7. The van der Waals surface area contributed by atoms with Gasteiger partial charge in [0, 0.05) is 29.7 Å². The molecular formula is C21H26N2O3. The van der Waals surface area contributed by atoms with Crippen LogP contribution >= 0.6 is 0 Å². The van der Waals surface area contributed by atoms with Crippen molar-refractivity contribution in [3.63, 3.8) is 0 Å². The Kier molecular flexibility index (Phi) is 3.86. The fourth-order valence-electron chi connectivity index (χ4n) is 5.28. The molecule has 0 spiro atoms. The van der Waals surface area contributed by atoms with E-state index in [2.05, 4.69) is 25.8 Å². The minimum atomic E-state index is -0.454. The van der Waals surface area contributed by atoms with Gasteiger partial charge in [0.05, 0.1) is 5.56 Å². The molecular weight excluding hydrogens is 328 g/mol. The van der Waals surface area contributed by atoms with Gasteiger partial charge in [0.2, 0.25) is 0 Å². The average Bonchev–Trinajstić information content (AvgIpc) is 3.09. The molecule has 2 fully saturated rings. The SMILES string of the molecule is CC1(C)C[C@H]2C[C@](C)(CN2C(=O)COC(=O)c2c[nH]c3ccccc23)C1. The van der Waals surface area contributed by atoms with Crippen molar-refractivity contribution in [2.75, 3.05) is 13.2 Å². The topological polar surface area (TPSA) is 62.4 Å². The molecule has 2 heterocycles. The molecule has 1 aliphatic heterocycles. The van der Waals surface area contributed by atoms with Gasteiger partial charge in [0.1, 0.15) is 0 Å². The lowest BCUT2D eigenvalue weighted by molar-refractivity contribution is -0.135. The Morgan fingerprint density at radius 3 is 2.81 bits per heavy atom.